The fourth-order valence-corrected chi connectivity index (χ4v) is 4.60. The lowest BCUT2D eigenvalue weighted by Gasteiger charge is -2.24. The standard InChI is InChI=1S/C21H27FN3O9P/c1-13(2)32-17(27)11-23-35(30,34-14-7-5-4-6-8-14)31-12-15-18(28)21(3,22)19(33-15)25-10-9-16(26)24-20(25)29/h4-10,13,15,18-19,28H,11-12H2,1-3H3,(H,23,30)(H,24,26,29)/t15-,18-,19-,21+,35?/m1/s1. The van der Waals surface area contributed by atoms with Crippen molar-refractivity contribution in [1.29, 1.82) is 0 Å². The number of carbonyl (C=O) groups excluding carboxylic acids is 1. The van der Waals surface area contributed by atoms with Gasteiger partial charge in [-0.25, -0.2) is 18.8 Å². The number of hydrogen-bond donors (Lipinski definition) is 3. The molecule has 14 heteroatoms. The van der Waals surface area contributed by atoms with Gasteiger partial charge in [-0.15, -0.1) is 0 Å². The second kappa shape index (κ2) is 10.8. The van der Waals surface area contributed by atoms with Crippen molar-refractivity contribution in [2.75, 3.05) is 13.2 Å². The molecule has 3 rings (SSSR count). The number of carbonyl (C=O) groups is 1. The number of ether oxygens (including phenoxy) is 2. The van der Waals surface area contributed by atoms with Gasteiger partial charge < -0.3 is 19.1 Å². The molecular formula is C21H27FN3O9P. The summed E-state index contributed by atoms with van der Waals surface area (Å²) >= 11 is 0. The molecule has 1 fully saturated rings. The molecule has 1 aromatic carbocycles. The molecule has 0 bridgehead atoms. The summed E-state index contributed by atoms with van der Waals surface area (Å²) in [5.74, 6) is -0.562. The number of esters is 1. The number of alkyl halides is 1. The third-order valence-electron chi connectivity index (χ3n) is 4.98. The summed E-state index contributed by atoms with van der Waals surface area (Å²) in [4.78, 5) is 37.3. The van der Waals surface area contributed by atoms with Crippen molar-refractivity contribution in [3.05, 3.63) is 63.4 Å². The van der Waals surface area contributed by atoms with Crippen LogP contribution in [0.2, 0.25) is 0 Å². The molecule has 1 aromatic heterocycles. The Morgan fingerprint density at radius 3 is 2.63 bits per heavy atom. The quantitative estimate of drug-likeness (QED) is 0.311. The first-order valence-electron chi connectivity index (χ1n) is 10.7. The van der Waals surface area contributed by atoms with Gasteiger partial charge in [-0.3, -0.25) is 23.7 Å². The smallest absolute Gasteiger partial charge is 0.459 e. The maximum atomic E-state index is 15.4. The van der Waals surface area contributed by atoms with Gasteiger partial charge >= 0.3 is 19.4 Å². The predicted molar refractivity (Wildman–Crippen MR) is 121 cm³/mol. The van der Waals surface area contributed by atoms with Crippen molar-refractivity contribution in [2.24, 2.45) is 0 Å². The van der Waals surface area contributed by atoms with Gasteiger partial charge in [0.15, 0.2) is 11.9 Å². The van der Waals surface area contributed by atoms with E-state index in [1.54, 1.807) is 32.0 Å². The number of hydrogen-bond acceptors (Lipinski definition) is 9. The first-order chi connectivity index (χ1) is 16.4. The molecule has 3 N–H and O–H groups in total. The van der Waals surface area contributed by atoms with E-state index in [0.29, 0.717) is 0 Å². The van der Waals surface area contributed by atoms with Crippen molar-refractivity contribution in [1.82, 2.24) is 14.6 Å². The molecule has 2 heterocycles. The molecule has 1 unspecified atom stereocenters. The summed E-state index contributed by atoms with van der Waals surface area (Å²) in [5.41, 5.74) is -4.11. The topological polar surface area (TPSA) is 158 Å². The molecule has 192 valence electrons. The molecule has 5 atom stereocenters. The molecule has 35 heavy (non-hydrogen) atoms. The first kappa shape index (κ1) is 26.8. The Labute approximate surface area is 199 Å². The van der Waals surface area contributed by atoms with Gasteiger partial charge in [0, 0.05) is 12.3 Å². The van der Waals surface area contributed by atoms with Crippen LogP contribution < -0.4 is 20.9 Å². The summed E-state index contributed by atoms with van der Waals surface area (Å²) in [6.45, 7) is 3.15. The van der Waals surface area contributed by atoms with E-state index in [0.717, 1.165) is 23.8 Å². The number of H-pyrrole nitrogens is 1. The Kier molecular flexibility index (Phi) is 8.29. The number of aliphatic hydroxyl groups is 1. The predicted octanol–water partition coefficient (Wildman–Crippen LogP) is 1.27. The van der Waals surface area contributed by atoms with Crippen molar-refractivity contribution >= 4 is 13.7 Å². The van der Waals surface area contributed by atoms with E-state index in [1.807, 2.05) is 4.98 Å². The molecule has 0 radical (unpaired) electrons. The molecule has 0 amide bonds. The minimum atomic E-state index is -4.25. The summed E-state index contributed by atoms with van der Waals surface area (Å²) in [6, 6.07) is 8.95. The molecule has 0 aliphatic carbocycles. The van der Waals surface area contributed by atoms with Gasteiger partial charge in [0.25, 0.3) is 5.56 Å². The highest BCUT2D eigenvalue weighted by Crippen LogP contribution is 2.46. The Morgan fingerprint density at radius 1 is 1.31 bits per heavy atom. The van der Waals surface area contributed by atoms with Crippen LogP contribution in [0.25, 0.3) is 0 Å². The minimum Gasteiger partial charge on any atom is -0.462 e. The SMILES string of the molecule is CC(C)OC(=O)CNP(=O)(OC[C@H]1O[C@@H](n2ccc(=O)[nH]c2=O)[C@@](C)(F)[C@@H]1O)Oc1ccccc1. The minimum absolute atomic E-state index is 0.154. The van der Waals surface area contributed by atoms with Crippen LogP contribution in [0, 0.1) is 0 Å². The fourth-order valence-electron chi connectivity index (χ4n) is 3.32. The van der Waals surface area contributed by atoms with E-state index in [1.165, 1.54) is 12.1 Å². The van der Waals surface area contributed by atoms with Crippen LogP contribution in [0.1, 0.15) is 27.0 Å². The third kappa shape index (κ3) is 6.65. The molecule has 2 aromatic rings. The zero-order valence-corrected chi connectivity index (χ0v) is 20.1. The molecule has 12 nitrogen and oxygen atoms in total. The average Bonchev–Trinajstić information content (AvgIpc) is 3.00. The molecule has 1 saturated heterocycles. The Morgan fingerprint density at radius 2 is 2.00 bits per heavy atom. The van der Waals surface area contributed by atoms with Gasteiger partial charge in [-0.2, -0.15) is 0 Å². The number of halogens is 1. The monoisotopic (exact) mass is 515 g/mol. The van der Waals surface area contributed by atoms with E-state index in [2.05, 4.69) is 5.09 Å². The normalized spacial score (nSPS) is 25.8. The zero-order chi connectivity index (χ0) is 25.8. The Balaban J connectivity index is 1.76. The van der Waals surface area contributed by atoms with E-state index >= 15 is 4.39 Å². The van der Waals surface area contributed by atoms with Gasteiger partial charge in [-0.05, 0) is 32.9 Å². The van der Waals surface area contributed by atoms with Gasteiger partial charge in [0.05, 0.1) is 12.7 Å². The van der Waals surface area contributed by atoms with E-state index in [9.17, 15) is 24.1 Å². The fraction of sp³-hybridized carbons (Fsp3) is 0.476. The molecule has 0 saturated carbocycles. The first-order valence-corrected chi connectivity index (χ1v) is 12.2. The van der Waals surface area contributed by atoms with Crippen LogP contribution in [0.4, 0.5) is 4.39 Å². The summed E-state index contributed by atoms with van der Waals surface area (Å²) in [6.07, 6.45) is -4.17. The van der Waals surface area contributed by atoms with Crippen LogP contribution in [-0.2, 0) is 23.4 Å². The van der Waals surface area contributed by atoms with E-state index in [4.69, 9.17) is 18.5 Å². The largest absolute Gasteiger partial charge is 0.462 e. The third-order valence-corrected chi connectivity index (χ3v) is 6.47. The van der Waals surface area contributed by atoms with E-state index < -0.39 is 68.3 Å². The Bertz CT molecular complexity index is 1180. The number of aromatic nitrogens is 2. The van der Waals surface area contributed by atoms with Crippen molar-refractivity contribution in [2.45, 2.75) is 51.0 Å². The lowest BCUT2D eigenvalue weighted by atomic mass is 9.98. The lowest BCUT2D eigenvalue weighted by molar-refractivity contribution is -0.146. The van der Waals surface area contributed by atoms with Crippen molar-refractivity contribution in [3.8, 4) is 5.75 Å². The number of benzene rings is 1. The molecule has 1 aliphatic rings. The van der Waals surface area contributed by atoms with Gasteiger partial charge in [0.1, 0.15) is 24.5 Å². The van der Waals surface area contributed by atoms with Crippen molar-refractivity contribution < 1.29 is 37.4 Å². The number of nitrogens with one attached hydrogen (secondary N) is 2. The Hall–Kier alpha value is -2.83. The second-order valence-corrected chi connectivity index (χ2v) is 9.96. The highest BCUT2D eigenvalue weighted by molar-refractivity contribution is 7.52. The summed E-state index contributed by atoms with van der Waals surface area (Å²) in [5, 5.41) is 12.9. The highest BCUT2D eigenvalue weighted by Gasteiger charge is 2.55. The number of aliphatic hydroxyl groups excluding tert-OH is 1. The number of aromatic amines is 1. The van der Waals surface area contributed by atoms with Gasteiger partial charge in [0.2, 0.25) is 0 Å². The van der Waals surface area contributed by atoms with Crippen LogP contribution in [-0.4, -0.2) is 57.8 Å². The van der Waals surface area contributed by atoms with Crippen LogP contribution in [0.3, 0.4) is 0 Å². The van der Waals surface area contributed by atoms with Crippen molar-refractivity contribution in [3.63, 3.8) is 0 Å². The number of nitrogens with zero attached hydrogens (tertiary/aromatic N) is 1. The maximum Gasteiger partial charge on any atom is 0.459 e. The number of para-hydroxylation sites is 1. The molecule has 0 spiro atoms. The highest BCUT2D eigenvalue weighted by atomic mass is 31.2. The van der Waals surface area contributed by atoms with Crippen LogP contribution >= 0.6 is 7.75 Å². The summed E-state index contributed by atoms with van der Waals surface area (Å²) in [7, 11) is -4.25. The zero-order valence-electron chi connectivity index (χ0n) is 19.3. The van der Waals surface area contributed by atoms with Crippen LogP contribution in [0.15, 0.2) is 52.2 Å². The molecule has 1 aliphatic heterocycles. The van der Waals surface area contributed by atoms with Gasteiger partial charge in [-0.1, -0.05) is 18.2 Å². The maximum absolute atomic E-state index is 15.4. The number of rotatable bonds is 10. The lowest BCUT2D eigenvalue weighted by Crippen LogP contribution is -2.43. The molecular weight excluding hydrogens is 488 g/mol. The average molecular weight is 515 g/mol. The second-order valence-electron chi connectivity index (χ2n) is 8.21. The van der Waals surface area contributed by atoms with Crippen LogP contribution in [0.5, 0.6) is 5.75 Å². The summed E-state index contributed by atoms with van der Waals surface area (Å²) < 4.78 is 50.8. The van der Waals surface area contributed by atoms with E-state index in [-0.39, 0.29) is 5.75 Å².